The number of nitrogens with one attached hydrogen (secondary N) is 1. The predicted molar refractivity (Wildman–Crippen MR) is 105 cm³/mol. The van der Waals surface area contributed by atoms with E-state index >= 15 is 0 Å². The van der Waals surface area contributed by atoms with E-state index in [9.17, 15) is 18.4 Å². The van der Waals surface area contributed by atoms with Gasteiger partial charge in [0.05, 0.1) is 33.2 Å². The van der Waals surface area contributed by atoms with Crippen LogP contribution in [0.15, 0.2) is 47.5 Å². The molecule has 6 nitrogen and oxygen atoms in total. The van der Waals surface area contributed by atoms with Gasteiger partial charge in [0.1, 0.15) is 0 Å². The van der Waals surface area contributed by atoms with Crippen molar-refractivity contribution >= 4 is 33.8 Å². The second-order valence-corrected chi connectivity index (χ2v) is 7.13. The Morgan fingerprint density at radius 3 is 2.62 bits per heavy atom. The van der Waals surface area contributed by atoms with Crippen LogP contribution >= 0.6 is 11.6 Å². The summed E-state index contributed by atoms with van der Waals surface area (Å²) in [7, 11) is 1.56. The summed E-state index contributed by atoms with van der Waals surface area (Å²) in [6.45, 7) is 1.68. The Bertz CT molecular complexity index is 1330. The van der Waals surface area contributed by atoms with Gasteiger partial charge < -0.3 is 9.30 Å². The summed E-state index contributed by atoms with van der Waals surface area (Å²) < 4.78 is 29.1. The topological polar surface area (TPSA) is 70.5 Å². The maximum Gasteiger partial charge on any atom is 0.272 e. The quantitative estimate of drug-likeness (QED) is 0.550. The summed E-state index contributed by atoms with van der Waals surface area (Å²) in [5.74, 6) is -2.55. The standard InChI is InChI=1S/C20H15ClF2N4O2/c1-10(18-12-7-15(22)16(23)8-13(12)19(28)25-24-18)26(2)20(29)11-6-17-14(21)4-3-5-27(17)9-11/h3-10H,1-2H3,(H,25,28). The number of nitrogens with zero attached hydrogens (tertiary/aromatic N) is 3. The third-order valence-corrected chi connectivity index (χ3v) is 5.30. The Balaban J connectivity index is 1.75. The molecular weight excluding hydrogens is 402 g/mol. The van der Waals surface area contributed by atoms with Crippen LogP contribution in [0, 0.1) is 11.6 Å². The van der Waals surface area contributed by atoms with Crippen molar-refractivity contribution in [2.75, 3.05) is 7.05 Å². The van der Waals surface area contributed by atoms with Gasteiger partial charge in [-0.05, 0) is 37.3 Å². The van der Waals surface area contributed by atoms with E-state index in [1.54, 1.807) is 49.0 Å². The van der Waals surface area contributed by atoms with Crippen LogP contribution in [0.5, 0.6) is 0 Å². The normalized spacial score (nSPS) is 12.4. The zero-order valence-electron chi connectivity index (χ0n) is 15.4. The largest absolute Gasteiger partial charge is 0.333 e. The molecule has 1 unspecified atom stereocenters. The zero-order valence-corrected chi connectivity index (χ0v) is 16.2. The number of carbonyl (C=O) groups is 1. The number of pyridine rings is 1. The summed E-state index contributed by atoms with van der Waals surface area (Å²) in [5.41, 5.74) is 0.690. The Morgan fingerprint density at radius 1 is 1.24 bits per heavy atom. The molecule has 148 valence electrons. The van der Waals surface area contributed by atoms with Crippen LogP contribution < -0.4 is 5.56 Å². The van der Waals surface area contributed by atoms with Gasteiger partial charge in [-0.25, -0.2) is 13.9 Å². The van der Waals surface area contributed by atoms with Crippen LogP contribution in [-0.4, -0.2) is 32.5 Å². The molecule has 1 atom stereocenters. The number of H-pyrrole nitrogens is 1. The summed E-state index contributed by atoms with van der Waals surface area (Å²) >= 11 is 6.17. The lowest BCUT2D eigenvalue weighted by Gasteiger charge is -2.24. The molecule has 1 amide bonds. The minimum atomic E-state index is -1.13. The first-order valence-electron chi connectivity index (χ1n) is 8.68. The highest BCUT2D eigenvalue weighted by Gasteiger charge is 2.24. The summed E-state index contributed by atoms with van der Waals surface area (Å²) in [5, 5.41) is 6.88. The van der Waals surface area contributed by atoms with Crippen molar-refractivity contribution in [3.8, 4) is 0 Å². The third-order valence-electron chi connectivity index (χ3n) is 4.99. The van der Waals surface area contributed by atoms with Gasteiger partial charge in [-0.2, -0.15) is 5.10 Å². The van der Waals surface area contributed by atoms with Gasteiger partial charge in [-0.1, -0.05) is 11.6 Å². The number of fused-ring (bicyclic) bond motifs is 2. The number of carbonyl (C=O) groups excluding carboxylic acids is 1. The van der Waals surface area contributed by atoms with Gasteiger partial charge in [0.15, 0.2) is 11.6 Å². The molecule has 4 aromatic rings. The van der Waals surface area contributed by atoms with E-state index in [1.807, 2.05) is 0 Å². The van der Waals surface area contributed by atoms with E-state index in [-0.39, 0.29) is 22.4 Å². The molecule has 1 N–H and O–H groups in total. The molecule has 4 rings (SSSR count). The average molecular weight is 417 g/mol. The van der Waals surface area contributed by atoms with Gasteiger partial charge in [0, 0.05) is 24.8 Å². The highest BCUT2D eigenvalue weighted by atomic mass is 35.5. The Labute approximate surface area is 168 Å². The first kappa shape index (κ1) is 19.1. The fourth-order valence-electron chi connectivity index (χ4n) is 3.28. The van der Waals surface area contributed by atoms with Gasteiger partial charge >= 0.3 is 0 Å². The molecule has 0 bridgehead atoms. The minimum absolute atomic E-state index is 0.0389. The van der Waals surface area contributed by atoms with Gasteiger partial charge in [0.25, 0.3) is 11.5 Å². The molecule has 0 aliphatic carbocycles. The molecule has 0 radical (unpaired) electrons. The number of benzene rings is 1. The molecule has 0 spiro atoms. The summed E-state index contributed by atoms with van der Waals surface area (Å²) in [6.07, 6.45) is 3.43. The molecule has 3 aromatic heterocycles. The first-order chi connectivity index (χ1) is 13.8. The van der Waals surface area contributed by atoms with E-state index in [1.165, 1.54) is 4.90 Å². The van der Waals surface area contributed by atoms with Crippen molar-refractivity contribution in [3.05, 3.63) is 81.0 Å². The monoisotopic (exact) mass is 416 g/mol. The van der Waals surface area contributed by atoms with E-state index < -0.39 is 23.2 Å². The van der Waals surface area contributed by atoms with Crippen LogP contribution in [0.25, 0.3) is 16.3 Å². The number of rotatable bonds is 3. The molecule has 9 heteroatoms. The molecule has 0 saturated heterocycles. The number of aromatic amines is 1. The van der Waals surface area contributed by atoms with Gasteiger partial charge in [0.2, 0.25) is 0 Å². The Kier molecular flexibility index (Phi) is 4.58. The van der Waals surface area contributed by atoms with Crippen LogP contribution in [0.2, 0.25) is 5.02 Å². The smallest absolute Gasteiger partial charge is 0.272 e. The zero-order chi connectivity index (χ0) is 20.9. The molecule has 0 aliphatic heterocycles. The second-order valence-electron chi connectivity index (χ2n) is 6.72. The maximum absolute atomic E-state index is 13.8. The fourth-order valence-corrected chi connectivity index (χ4v) is 3.50. The lowest BCUT2D eigenvalue weighted by molar-refractivity contribution is 0.0740. The van der Waals surface area contributed by atoms with Crippen molar-refractivity contribution in [1.29, 1.82) is 0 Å². The number of hydrogen-bond acceptors (Lipinski definition) is 3. The average Bonchev–Trinajstić information content (AvgIpc) is 3.14. The van der Waals surface area contributed by atoms with Crippen molar-refractivity contribution in [2.24, 2.45) is 0 Å². The first-order valence-corrected chi connectivity index (χ1v) is 9.06. The second kappa shape index (κ2) is 6.97. The molecule has 0 fully saturated rings. The van der Waals surface area contributed by atoms with Gasteiger partial charge in [-0.15, -0.1) is 0 Å². The van der Waals surface area contributed by atoms with Crippen LogP contribution in [0.1, 0.15) is 29.0 Å². The molecule has 29 heavy (non-hydrogen) atoms. The number of aromatic nitrogens is 3. The van der Waals surface area contributed by atoms with Gasteiger partial charge in [-0.3, -0.25) is 9.59 Å². The maximum atomic E-state index is 13.8. The van der Waals surface area contributed by atoms with Crippen LogP contribution in [0.3, 0.4) is 0 Å². The van der Waals surface area contributed by atoms with E-state index in [0.717, 1.165) is 12.1 Å². The Hall–Kier alpha value is -3.26. The Morgan fingerprint density at radius 2 is 1.93 bits per heavy atom. The number of halogens is 3. The minimum Gasteiger partial charge on any atom is -0.333 e. The fraction of sp³-hybridized carbons (Fsp3) is 0.150. The molecule has 1 aromatic carbocycles. The van der Waals surface area contributed by atoms with Crippen LogP contribution in [0.4, 0.5) is 8.78 Å². The van der Waals surface area contributed by atoms with Crippen molar-refractivity contribution in [2.45, 2.75) is 13.0 Å². The molecular formula is C20H15ClF2N4O2. The molecule has 0 saturated carbocycles. The number of amides is 1. The van der Waals surface area contributed by atoms with E-state index in [0.29, 0.717) is 16.1 Å². The summed E-state index contributed by atoms with van der Waals surface area (Å²) in [4.78, 5) is 26.4. The van der Waals surface area contributed by atoms with E-state index in [4.69, 9.17) is 11.6 Å². The van der Waals surface area contributed by atoms with E-state index in [2.05, 4.69) is 10.2 Å². The summed E-state index contributed by atoms with van der Waals surface area (Å²) in [6, 6.07) is 6.27. The molecule has 0 aliphatic rings. The highest BCUT2D eigenvalue weighted by Crippen LogP contribution is 2.27. The third kappa shape index (κ3) is 3.15. The van der Waals surface area contributed by atoms with Crippen molar-refractivity contribution in [1.82, 2.24) is 19.5 Å². The molecule has 3 heterocycles. The lowest BCUT2D eigenvalue weighted by atomic mass is 10.1. The lowest BCUT2D eigenvalue weighted by Crippen LogP contribution is -2.31. The highest BCUT2D eigenvalue weighted by molar-refractivity contribution is 6.33. The van der Waals surface area contributed by atoms with Crippen molar-refractivity contribution in [3.63, 3.8) is 0 Å². The SMILES string of the molecule is CC(c1n[nH]c(=O)c2cc(F)c(F)cc12)N(C)C(=O)c1cc2c(Cl)cccn2c1. The van der Waals surface area contributed by atoms with Crippen molar-refractivity contribution < 1.29 is 13.6 Å². The predicted octanol–water partition coefficient (Wildman–Crippen LogP) is 3.94. The van der Waals surface area contributed by atoms with Crippen LogP contribution in [-0.2, 0) is 0 Å². The number of hydrogen-bond donors (Lipinski definition) is 1.